The van der Waals surface area contributed by atoms with Crippen molar-refractivity contribution < 1.29 is 14.0 Å². The minimum atomic E-state index is -3.43. The molecule has 0 N–H and O–H groups in total. The van der Waals surface area contributed by atoms with E-state index in [4.69, 9.17) is 9.47 Å². The highest BCUT2D eigenvalue weighted by Gasteiger charge is 2.48. The molecular weight excluding hydrogens is 597 g/mol. The number of benzene rings is 6. The Morgan fingerprint density at radius 2 is 1.04 bits per heavy atom. The van der Waals surface area contributed by atoms with Gasteiger partial charge in [-0.2, -0.15) is 0 Å². The van der Waals surface area contributed by atoms with Gasteiger partial charge in [0.2, 0.25) is 0 Å². The third kappa shape index (κ3) is 4.30. The number of aromatic nitrogens is 1. The van der Waals surface area contributed by atoms with Crippen molar-refractivity contribution in [2.24, 2.45) is 0 Å². The van der Waals surface area contributed by atoms with E-state index in [2.05, 4.69) is 66.5 Å². The van der Waals surface area contributed by atoms with E-state index in [9.17, 15) is 0 Å². The predicted molar refractivity (Wildman–Crippen MR) is 190 cm³/mol. The Kier molecular flexibility index (Phi) is 6.28. The van der Waals surface area contributed by atoms with Crippen LogP contribution in [0.4, 0.5) is 0 Å². The van der Waals surface area contributed by atoms with Gasteiger partial charge < -0.3 is 14.0 Å². The molecule has 0 amide bonds. The largest absolute Gasteiger partial charge is 0.455 e. The summed E-state index contributed by atoms with van der Waals surface area (Å²) in [7, 11) is -3.43. The quantitative estimate of drug-likeness (QED) is 0.183. The molecule has 3 heterocycles. The van der Waals surface area contributed by atoms with Crippen molar-refractivity contribution in [2.45, 2.75) is 6.92 Å². The topological polar surface area (TPSA) is 48.4 Å². The van der Waals surface area contributed by atoms with Crippen LogP contribution >= 0.6 is 7.14 Å². The van der Waals surface area contributed by atoms with Crippen LogP contribution in [0.5, 0.6) is 23.0 Å². The highest BCUT2D eigenvalue weighted by molar-refractivity contribution is 7.86. The van der Waals surface area contributed by atoms with Crippen LogP contribution in [0.15, 0.2) is 152 Å². The first-order valence-corrected chi connectivity index (χ1v) is 17.3. The van der Waals surface area contributed by atoms with Gasteiger partial charge in [-0.1, -0.05) is 115 Å². The average molecular weight is 626 g/mol. The van der Waals surface area contributed by atoms with Crippen molar-refractivity contribution in [2.75, 3.05) is 0 Å². The Labute approximate surface area is 273 Å². The first-order chi connectivity index (χ1) is 23.1. The summed E-state index contributed by atoms with van der Waals surface area (Å²) in [5.41, 5.74) is 8.84. The maximum absolute atomic E-state index is 16.0. The van der Waals surface area contributed by atoms with Gasteiger partial charge in [0.15, 0.2) is 7.14 Å². The summed E-state index contributed by atoms with van der Waals surface area (Å²) in [4.78, 5) is 4.60. The van der Waals surface area contributed by atoms with E-state index in [0.717, 1.165) is 50.2 Å². The number of pyridine rings is 1. The number of ether oxygens (including phenoxy) is 2. The Morgan fingerprint density at radius 3 is 1.57 bits per heavy atom. The van der Waals surface area contributed by atoms with E-state index >= 15 is 4.57 Å². The van der Waals surface area contributed by atoms with Crippen molar-refractivity contribution >= 4 is 23.1 Å². The molecule has 1 aromatic heterocycles. The Hall–Kier alpha value is -5.70. The maximum atomic E-state index is 16.0. The lowest BCUT2D eigenvalue weighted by molar-refractivity contribution is 0.463. The number of aryl methyl sites for hydroxylation is 1. The Morgan fingerprint density at radius 1 is 0.511 bits per heavy atom. The van der Waals surface area contributed by atoms with Crippen LogP contribution in [0.25, 0.3) is 44.6 Å². The molecule has 6 aromatic carbocycles. The highest BCUT2D eigenvalue weighted by Crippen LogP contribution is 2.61. The average Bonchev–Trinajstić information content (AvgIpc) is 3.12. The molecule has 5 heteroatoms. The standard InChI is InChI=1S/C42H28NO3P/c1-27-11-10-24-43-39(27)31-22-20-28(21-23-31)32-25-35-42-36(26-32)46-41-34(30-14-6-3-7-15-30)17-9-19-38(41)47(42,44)37-18-8-16-33(40(37)45-35)29-12-4-2-5-13-29/h2-26H,1H3. The van der Waals surface area contributed by atoms with Crippen LogP contribution < -0.4 is 25.4 Å². The lowest BCUT2D eigenvalue weighted by Crippen LogP contribution is -2.35. The third-order valence-electron chi connectivity index (χ3n) is 9.12. The summed E-state index contributed by atoms with van der Waals surface area (Å²) < 4.78 is 29.7. The molecule has 0 saturated heterocycles. The smallest absolute Gasteiger partial charge is 0.185 e. The van der Waals surface area contributed by atoms with Crippen LogP contribution in [-0.4, -0.2) is 4.98 Å². The van der Waals surface area contributed by atoms with Gasteiger partial charge in [0.25, 0.3) is 0 Å². The molecule has 0 aliphatic carbocycles. The molecule has 4 nitrogen and oxygen atoms in total. The van der Waals surface area contributed by atoms with Gasteiger partial charge in [-0.15, -0.1) is 0 Å². The number of hydrogen-bond donors (Lipinski definition) is 0. The van der Waals surface area contributed by atoms with E-state index in [-0.39, 0.29) is 0 Å². The molecule has 0 fully saturated rings. The van der Waals surface area contributed by atoms with Crippen molar-refractivity contribution in [3.05, 3.63) is 157 Å². The predicted octanol–water partition coefficient (Wildman–Crippen LogP) is 9.91. The zero-order chi connectivity index (χ0) is 31.5. The molecule has 2 aliphatic rings. The van der Waals surface area contributed by atoms with Crippen LogP contribution in [0.1, 0.15) is 5.56 Å². The van der Waals surface area contributed by atoms with E-state index in [1.165, 1.54) is 0 Å². The lowest BCUT2D eigenvalue weighted by atomic mass is 10.00. The van der Waals surface area contributed by atoms with Gasteiger partial charge in [-0.25, -0.2) is 0 Å². The molecule has 0 radical (unpaired) electrons. The van der Waals surface area contributed by atoms with Gasteiger partial charge in [0, 0.05) is 22.9 Å². The number of fused-ring (bicyclic) bond motifs is 4. The first-order valence-electron chi connectivity index (χ1n) is 15.6. The molecule has 0 unspecified atom stereocenters. The molecule has 0 bridgehead atoms. The van der Waals surface area contributed by atoms with Crippen molar-refractivity contribution in [3.8, 4) is 67.6 Å². The molecule has 7 aromatic rings. The van der Waals surface area contributed by atoms with E-state index < -0.39 is 7.14 Å². The minimum Gasteiger partial charge on any atom is -0.455 e. The molecule has 224 valence electrons. The fourth-order valence-corrected chi connectivity index (χ4v) is 9.94. The van der Waals surface area contributed by atoms with Crippen LogP contribution in [0, 0.1) is 6.92 Å². The van der Waals surface area contributed by atoms with Crippen LogP contribution in [0.3, 0.4) is 0 Å². The number of hydrogen-bond acceptors (Lipinski definition) is 4. The molecule has 9 rings (SSSR count). The fourth-order valence-electron chi connectivity index (χ4n) is 6.86. The monoisotopic (exact) mass is 625 g/mol. The fraction of sp³-hybridized carbons (Fsp3) is 0.0238. The maximum Gasteiger partial charge on any atom is 0.185 e. The summed E-state index contributed by atoms with van der Waals surface area (Å²) in [6, 6.07) is 48.6. The van der Waals surface area contributed by atoms with Gasteiger partial charge in [0.1, 0.15) is 28.3 Å². The number of nitrogens with zero attached hydrogens (tertiary/aromatic N) is 1. The molecule has 0 atom stereocenters. The minimum absolute atomic E-state index is 0.553. The molecule has 0 saturated carbocycles. The normalized spacial score (nSPS) is 13.4. The van der Waals surface area contributed by atoms with Crippen LogP contribution in [-0.2, 0) is 4.57 Å². The van der Waals surface area contributed by atoms with Crippen molar-refractivity contribution in [3.63, 3.8) is 0 Å². The van der Waals surface area contributed by atoms with Gasteiger partial charge in [-0.05, 0) is 65.1 Å². The Balaban J connectivity index is 1.28. The molecule has 2 aliphatic heterocycles. The van der Waals surface area contributed by atoms with Crippen molar-refractivity contribution in [1.82, 2.24) is 4.98 Å². The third-order valence-corrected chi connectivity index (χ3v) is 12.2. The number of rotatable bonds is 4. The van der Waals surface area contributed by atoms with Gasteiger partial charge >= 0.3 is 0 Å². The van der Waals surface area contributed by atoms with E-state index in [0.29, 0.717) is 38.9 Å². The highest BCUT2D eigenvalue weighted by atomic mass is 31.2. The summed E-state index contributed by atoms with van der Waals surface area (Å²) in [5, 5.41) is 1.98. The summed E-state index contributed by atoms with van der Waals surface area (Å²) in [6.07, 6.45) is 1.82. The second kappa shape index (κ2) is 10.7. The van der Waals surface area contributed by atoms with Gasteiger partial charge in [-0.3, -0.25) is 4.98 Å². The summed E-state index contributed by atoms with van der Waals surface area (Å²) in [6.45, 7) is 2.07. The van der Waals surface area contributed by atoms with Crippen LogP contribution in [0.2, 0.25) is 0 Å². The zero-order valence-corrected chi connectivity index (χ0v) is 26.4. The van der Waals surface area contributed by atoms with E-state index in [1.54, 1.807) is 0 Å². The number of para-hydroxylation sites is 2. The van der Waals surface area contributed by atoms with Gasteiger partial charge in [0.05, 0.1) is 16.3 Å². The SMILES string of the molecule is Cc1cccnc1-c1ccc(-c2cc3c4c(c2)Oc2c(-c5ccccc5)cccc2P4(=O)c2cccc(-c4ccccc4)c2O3)cc1. The molecule has 47 heavy (non-hydrogen) atoms. The summed E-state index contributed by atoms with van der Waals surface area (Å²) in [5.74, 6) is 2.35. The van der Waals surface area contributed by atoms with Crippen molar-refractivity contribution in [1.29, 1.82) is 0 Å². The molecular formula is C42H28NO3P. The van der Waals surface area contributed by atoms with E-state index in [1.807, 2.05) is 97.2 Å². The Bertz CT molecular complexity index is 2270. The summed E-state index contributed by atoms with van der Waals surface area (Å²) >= 11 is 0. The second-order valence-electron chi connectivity index (χ2n) is 11.9. The molecule has 0 spiro atoms. The lowest BCUT2D eigenvalue weighted by Gasteiger charge is -2.36. The first kappa shape index (κ1) is 27.6. The second-order valence-corrected chi connectivity index (χ2v) is 14.5. The zero-order valence-electron chi connectivity index (χ0n) is 25.6.